The van der Waals surface area contributed by atoms with E-state index in [1.807, 2.05) is 0 Å². The molecule has 1 aliphatic heterocycles. The lowest BCUT2D eigenvalue weighted by Crippen LogP contribution is -2.46. The molecule has 17 heavy (non-hydrogen) atoms. The van der Waals surface area contributed by atoms with Gasteiger partial charge in [-0.3, -0.25) is 0 Å². The van der Waals surface area contributed by atoms with Gasteiger partial charge < -0.3 is 15.1 Å². The summed E-state index contributed by atoms with van der Waals surface area (Å²) in [6.07, 6.45) is 1.27. The van der Waals surface area contributed by atoms with Gasteiger partial charge in [-0.1, -0.05) is 12.1 Å². The molecule has 0 radical (unpaired) electrons. The van der Waals surface area contributed by atoms with E-state index >= 15 is 0 Å². The molecule has 2 rings (SSSR count). The van der Waals surface area contributed by atoms with E-state index in [2.05, 4.69) is 36.9 Å². The molecule has 0 aliphatic carbocycles. The molecule has 2 N–H and O–H groups in total. The fourth-order valence-corrected chi connectivity index (χ4v) is 2.38. The van der Waals surface area contributed by atoms with E-state index in [1.165, 1.54) is 16.8 Å². The lowest BCUT2D eigenvalue weighted by Gasteiger charge is -2.38. The monoisotopic (exact) mass is 235 g/mol. The van der Waals surface area contributed by atoms with Crippen LogP contribution in [0.5, 0.6) is 0 Å². The van der Waals surface area contributed by atoms with Crippen molar-refractivity contribution in [2.24, 2.45) is 0 Å². The van der Waals surface area contributed by atoms with Crippen LogP contribution >= 0.6 is 0 Å². The van der Waals surface area contributed by atoms with Crippen molar-refractivity contribution in [3.05, 3.63) is 29.3 Å². The molecule has 1 aromatic carbocycles. The molecule has 0 aromatic heterocycles. The summed E-state index contributed by atoms with van der Waals surface area (Å²) in [4.78, 5) is 2.30. The zero-order valence-corrected chi connectivity index (χ0v) is 10.6. The zero-order chi connectivity index (χ0) is 12.5. The van der Waals surface area contributed by atoms with Crippen molar-refractivity contribution in [3.8, 4) is 0 Å². The third kappa shape index (κ3) is 2.61. The number of hydrogen-bond donors (Lipinski definition) is 2. The second-order valence-corrected chi connectivity index (χ2v) is 5.16. The Labute approximate surface area is 103 Å². The summed E-state index contributed by atoms with van der Waals surface area (Å²) in [5.41, 5.74) is 2.91. The molecule has 0 bridgehead atoms. The van der Waals surface area contributed by atoms with Crippen LogP contribution < -0.4 is 4.90 Å². The van der Waals surface area contributed by atoms with Crippen LogP contribution in [0.2, 0.25) is 0 Å². The van der Waals surface area contributed by atoms with Crippen LogP contribution in [0.25, 0.3) is 0 Å². The molecule has 0 spiro atoms. The van der Waals surface area contributed by atoms with Gasteiger partial charge in [0.25, 0.3) is 0 Å². The predicted molar refractivity (Wildman–Crippen MR) is 69.4 cm³/mol. The number of aliphatic hydroxyl groups excluding tert-OH is 1. The van der Waals surface area contributed by atoms with Gasteiger partial charge in [0.15, 0.2) is 0 Å². The lowest BCUT2D eigenvalue weighted by atomic mass is 9.92. The minimum atomic E-state index is -0.867. The molecule has 1 heterocycles. The highest BCUT2D eigenvalue weighted by molar-refractivity contribution is 5.55. The highest BCUT2D eigenvalue weighted by Gasteiger charge is 2.31. The van der Waals surface area contributed by atoms with Crippen molar-refractivity contribution >= 4 is 5.69 Å². The van der Waals surface area contributed by atoms with E-state index < -0.39 is 5.60 Å². The molecule has 1 saturated heterocycles. The van der Waals surface area contributed by atoms with Crippen LogP contribution in [-0.4, -0.2) is 35.5 Å². The smallest absolute Gasteiger partial charge is 0.0911 e. The van der Waals surface area contributed by atoms with Gasteiger partial charge in [0.2, 0.25) is 0 Å². The molecule has 0 unspecified atom stereocenters. The van der Waals surface area contributed by atoms with Gasteiger partial charge in [-0.2, -0.15) is 0 Å². The number of piperidine rings is 1. The Morgan fingerprint density at radius 1 is 1.24 bits per heavy atom. The Balaban J connectivity index is 2.13. The molecule has 1 aromatic rings. The van der Waals surface area contributed by atoms with Crippen molar-refractivity contribution in [1.29, 1.82) is 0 Å². The molecule has 3 nitrogen and oxygen atoms in total. The minimum Gasteiger partial charge on any atom is -0.393 e. The van der Waals surface area contributed by atoms with E-state index in [4.69, 9.17) is 5.11 Å². The molecule has 0 amide bonds. The molecule has 1 aliphatic rings. The van der Waals surface area contributed by atoms with Crippen LogP contribution in [0.1, 0.15) is 24.0 Å². The summed E-state index contributed by atoms with van der Waals surface area (Å²) in [7, 11) is 0. The van der Waals surface area contributed by atoms with Gasteiger partial charge in [-0.05, 0) is 43.9 Å². The standard InChI is InChI=1S/C14H21NO2/c1-11-3-4-12(2)13(9-11)15-7-5-14(17,10-16)6-8-15/h3-4,9,16-17H,5-8,10H2,1-2H3. The van der Waals surface area contributed by atoms with Gasteiger partial charge in [-0.25, -0.2) is 0 Å². The average molecular weight is 235 g/mol. The fourth-order valence-electron chi connectivity index (χ4n) is 2.38. The van der Waals surface area contributed by atoms with E-state index in [1.54, 1.807) is 0 Å². The lowest BCUT2D eigenvalue weighted by molar-refractivity contribution is -0.0325. The van der Waals surface area contributed by atoms with Crippen molar-refractivity contribution in [3.63, 3.8) is 0 Å². The SMILES string of the molecule is Cc1ccc(C)c(N2CCC(O)(CO)CC2)c1. The number of hydrogen-bond acceptors (Lipinski definition) is 3. The van der Waals surface area contributed by atoms with Crippen molar-refractivity contribution in [2.75, 3.05) is 24.6 Å². The molecule has 3 heteroatoms. The molecule has 1 fully saturated rings. The molecule has 0 atom stereocenters. The highest BCUT2D eigenvalue weighted by atomic mass is 16.3. The maximum Gasteiger partial charge on any atom is 0.0911 e. The largest absolute Gasteiger partial charge is 0.393 e. The minimum absolute atomic E-state index is 0.131. The van der Waals surface area contributed by atoms with E-state index in [-0.39, 0.29) is 6.61 Å². The topological polar surface area (TPSA) is 43.7 Å². The third-order valence-electron chi connectivity index (χ3n) is 3.69. The van der Waals surface area contributed by atoms with Crippen LogP contribution in [0, 0.1) is 13.8 Å². The van der Waals surface area contributed by atoms with Gasteiger partial charge in [0.05, 0.1) is 12.2 Å². The Hall–Kier alpha value is -1.06. The fraction of sp³-hybridized carbons (Fsp3) is 0.571. The third-order valence-corrected chi connectivity index (χ3v) is 3.69. The number of aryl methyl sites for hydroxylation is 2. The van der Waals surface area contributed by atoms with Crippen molar-refractivity contribution in [2.45, 2.75) is 32.3 Å². The van der Waals surface area contributed by atoms with E-state index in [9.17, 15) is 5.11 Å². The zero-order valence-electron chi connectivity index (χ0n) is 10.6. The Kier molecular flexibility index (Phi) is 3.40. The van der Waals surface area contributed by atoms with E-state index in [0.29, 0.717) is 12.8 Å². The quantitative estimate of drug-likeness (QED) is 0.819. The molecule has 0 saturated carbocycles. The van der Waals surface area contributed by atoms with Crippen LogP contribution in [-0.2, 0) is 0 Å². The average Bonchev–Trinajstić information content (AvgIpc) is 2.34. The Morgan fingerprint density at radius 2 is 1.88 bits per heavy atom. The van der Waals surface area contributed by atoms with Crippen molar-refractivity contribution < 1.29 is 10.2 Å². The molecular formula is C14H21NO2. The number of anilines is 1. The summed E-state index contributed by atoms with van der Waals surface area (Å²) in [6.45, 7) is 5.69. The number of nitrogens with zero attached hydrogens (tertiary/aromatic N) is 1. The van der Waals surface area contributed by atoms with Crippen LogP contribution in [0.15, 0.2) is 18.2 Å². The summed E-state index contributed by atoms with van der Waals surface area (Å²) in [5, 5.41) is 19.1. The highest BCUT2D eigenvalue weighted by Crippen LogP contribution is 2.28. The van der Waals surface area contributed by atoms with Crippen molar-refractivity contribution in [1.82, 2.24) is 0 Å². The van der Waals surface area contributed by atoms with E-state index in [0.717, 1.165) is 13.1 Å². The van der Waals surface area contributed by atoms with Crippen LogP contribution in [0.4, 0.5) is 5.69 Å². The first-order valence-corrected chi connectivity index (χ1v) is 6.19. The molecule has 94 valence electrons. The second-order valence-electron chi connectivity index (χ2n) is 5.16. The van der Waals surface area contributed by atoms with Gasteiger partial charge in [-0.15, -0.1) is 0 Å². The summed E-state index contributed by atoms with van der Waals surface area (Å²) in [6, 6.07) is 6.45. The van der Waals surface area contributed by atoms with Gasteiger partial charge in [0, 0.05) is 18.8 Å². The maximum atomic E-state index is 9.99. The number of benzene rings is 1. The number of rotatable bonds is 2. The number of aliphatic hydroxyl groups is 2. The second kappa shape index (κ2) is 4.67. The normalized spacial score (nSPS) is 19.4. The van der Waals surface area contributed by atoms with Gasteiger partial charge in [0.1, 0.15) is 0 Å². The Morgan fingerprint density at radius 3 is 2.47 bits per heavy atom. The molecular weight excluding hydrogens is 214 g/mol. The maximum absolute atomic E-state index is 9.99. The van der Waals surface area contributed by atoms with Gasteiger partial charge >= 0.3 is 0 Å². The summed E-state index contributed by atoms with van der Waals surface area (Å²) < 4.78 is 0. The van der Waals surface area contributed by atoms with Crippen LogP contribution in [0.3, 0.4) is 0 Å². The first-order valence-electron chi connectivity index (χ1n) is 6.19. The Bertz CT molecular complexity index is 395. The summed E-state index contributed by atoms with van der Waals surface area (Å²) >= 11 is 0. The summed E-state index contributed by atoms with van der Waals surface area (Å²) in [5.74, 6) is 0. The predicted octanol–water partition coefficient (Wildman–Crippen LogP) is 1.63. The first-order chi connectivity index (χ1) is 8.04. The first kappa shape index (κ1) is 12.4.